The summed E-state index contributed by atoms with van der Waals surface area (Å²) in [4.78, 5) is 4.21. The van der Waals surface area contributed by atoms with E-state index in [1.165, 1.54) is 0 Å². The van der Waals surface area contributed by atoms with Crippen molar-refractivity contribution >= 4 is 34.8 Å². The lowest BCUT2D eigenvalue weighted by atomic mass is 10.0. The number of hydrazine groups is 1. The van der Waals surface area contributed by atoms with E-state index in [9.17, 15) is 0 Å². The summed E-state index contributed by atoms with van der Waals surface area (Å²) in [6.07, 6.45) is 3.04. The van der Waals surface area contributed by atoms with Gasteiger partial charge in [0.1, 0.15) is 5.82 Å². The fraction of sp³-hybridized carbons (Fsp3) is 0.545. The predicted octanol–water partition coefficient (Wildman–Crippen LogP) is 2.25. The first-order valence-electron chi connectivity index (χ1n) is 5.78. The van der Waals surface area contributed by atoms with Crippen LogP contribution in [0, 0.1) is 5.41 Å². The van der Waals surface area contributed by atoms with Crippen molar-refractivity contribution in [3.05, 3.63) is 16.1 Å². The van der Waals surface area contributed by atoms with E-state index in [2.05, 4.69) is 15.7 Å². The van der Waals surface area contributed by atoms with Crippen molar-refractivity contribution in [2.24, 2.45) is 11.3 Å². The molecule has 0 unspecified atom stereocenters. The largest absolute Gasteiger partial charge is 0.396 e. The molecule has 1 aromatic heterocycles. The molecule has 2 rings (SSSR count). The third-order valence-corrected chi connectivity index (χ3v) is 3.87. The Morgan fingerprint density at radius 1 is 1.33 bits per heavy atom. The van der Waals surface area contributed by atoms with Crippen molar-refractivity contribution in [3.63, 3.8) is 0 Å². The number of nitrogens with two attached hydrogens (primary N) is 1. The molecule has 0 aromatic carbocycles. The number of nitrogens with one attached hydrogen (secondary N) is 2. The fourth-order valence-corrected chi connectivity index (χ4v) is 2.37. The van der Waals surface area contributed by atoms with Gasteiger partial charge in [-0.3, -0.25) is 0 Å². The van der Waals surface area contributed by atoms with Crippen LogP contribution < -0.4 is 16.6 Å². The van der Waals surface area contributed by atoms with Gasteiger partial charge in [-0.15, -0.1) is 0 Å². The molecule has 100 valence electrons. The van der Waals surface area contributed by atoms with E-state index in [4.69, 9.17) is 34.2 Å². The van der Waals surface area contributed by atoms with Gasteiger partial charge in [0.2, 0.25) is 0 Å². The van der Waals surface area contributed by atoms with Crippen LogP contribution in [0.2, 0.25) is 10.0 Å². The summed E-state index contributed by atoms with van der Waals surface area (Å²) >= 11 is 12.0. The average molecular weight is 291 g/mol. The van der Waals surface area contributed by atoms with Crippen LogP contribution in [0.4, 0.5) is 11.6 Å². The number of halogens is 2. The zero-order valence-corrected chi connectivity index (χ0v) is 11.4. The third-order valence-electron chi connectivity index (χ3n) is 3.30. The maximum atomic E-state index is 9.00. The molecule has 0 radical (unpaired) electrons. The van der Waals surface area contributed by atoms with Crippen molar-refractivity contribution in [1.82, 2.24) is 4.98 Å². The van der Waals surface area contributed by atoms with Gasteiger partial charge in [0.15, 0.2) is 5.82 Å². The van der Waals surface area contributed by atoms with Gasteiger partial charge >= 0.3 is 0 Å². The molecule has 1 aliphatic carbocycles. The van der Waals surface area contributed by atoms with Crippen molar-refractivity contribution in [2.45, 2.75) is 19.3 Å². The van der Waals surface area contributed by atoms with Crippen molar-refractivity contribution in [1.29, 1.82) is 0 Å². The molecule has 1 heterocycles. The van der Waals surface area contributed by atoms with Crippen molar-refractivity contribution < 1.29 is 5.11 Å². The van der Waals surface area contributed by atoms with Crippen molar-refractivity contribution in [2.75, 3.05) is 23.9 Å². The Morgan fingerprint density at radius 2 is 2.00 bits per heavy atom. The van der Waals surface area contributed by atoms with Crippen LogP contribution >= 0.6 is 23.2 Å². The highest BCUT2D eigenvalue weighted by molar-refractivity contribution is 6.37. The quantitative estimate of drug-likeness (QED) is 0.477. The second-order valence-electron chi connectivity index (χ2n) is 4.62. The maximum absolute atomic E-state index is 9.00. The molecular weight excluding hydrogens is 275 g/mol. The summed E-state index contributed by atoms with van der Waals surface area (Å²) in [5.74, 6) is 6.25. The molecule has 1 fully saturated rings. The first kappa shape index (κ1) is 13.7. The molecule has 0 amide bonds. The van der Waals surface area contributed by atoms with Crippen LogP contribution in [0.3, 0.4) is 0 Å². The maximum Gasteiger partial charge on any atom is 0.161 e. The molecular formula is C11H16Cl2N4O. The summed E-state index contributed by atoms with van der Waals surface area (Å²) in [6, 6.07) is 1.60. The van der Waals surface area contributed by atoms with Gasteiger partial charge in [0.25, 0.3) is 0 Å². The molecule has 7 heteroatoms. The lowest BCUT2D eigenvalue weighted by Gasteiger charge is -2.16. The minimum Gasteiger partial charge on any atom is -0.396 e. The van der Waals surface area contributed by atoms with Crippen LogP contribution in [0.1, 0.15) is 19.3 Å². The Bertz CT molecular complexity index is 437. The normalized spacial score (nSPS) is 16.4. The van der Waals surface area contributed by atoms with Crippen LogP contribution in [-0.4, -0.2) is 23.2 Å². The summed E-state index contributed by atoms with van der Waals surface area (Å²) in [5.41, 5.74) is 2.61. The summed E-state index contributed by atoms with van der Waals surface area (Å²) in [6.45, 7) is 0.949. The van der Waals surface area contributed by atoms with Gasteiger partial charge in [-0.25, -0.2) is 10.8 Å². The van der Waals surface area contributed by atoms with E-state index in [1.54, 1.807) is 6.07 Å². The number of rotatable bonds is 6. The van der Waals surface area contributed by atoms with Crippen LogP contribution in [0.5, 0.6) is 0 Å². The minimum atomic E-state index is 0.190. The molecule has 0 aliphatic heterocycles. The molecule has 1 aliphatic rings. The number of nitrogens with zero attached hydrogens (tertiary/aromatic N) is 1. The Labute approximate surface area is 116 Å². The zero-order chi connectivity index (χ0) is 13.2. The summed E-state index contributed by atoms with van der Waals surface area (Å²) in [5, 5.41) is 13.0. The third kappa shape index (κ3) is 2.98. The fourth-order valence-electron chi connectivity index (χ4n) is 1.89. The number of nitrogen functional groups attached to an aromatic ring is 1. The molecule has 0 bridgehead atoms. The summed E-state index contributed by atoms with van der Waals surface area (Å²) in [7, 11) is 0. The molecule has 5 N–H and O–H groups in total. The molecule has 0 atom stereocenters. The monoisotopic (exact) mass is 290 g/mol. The van der Waals surface area contributed by atoms with Gasteiger partial charge in [-0.05, 0) is 30.7 Å². The minimum absolute atomic E-state index is 0.190. The van der Waals surface area contributed by atoms with E-state index < -0.39 is 0 Å². The topological polar surface area (TPSA) is 83.2 Å². The molecule has 1 aromatic rings. The average Bonchev–Trinajstić information content (AvgIpc) is 3.09. The number of hydrogen-bond donors (Lipinski definition) is 4. The number of pyridine rings is 1. The lowest BCUT2D eigenvalue weighted by Crippen LogP contribution is -2.18. The lowest BCUT2D eigenvalue weighted by molar-refractivity contribution is 0.253. The highest BCUT2D eigenvalue weighted by atomic mass is 35.5. The van der Waals surface area contributed by atoms with Gasteiger partial charge in [-0.2, -0.15) is 0 Å². The number of anilines is 2. The first-order valence-corrected chi connectivity index (χ1v) is 6.53. The standard InChI is InChI=1S/C11H16Cl2N4O/c12-7-5-8(13)10(17-14)16-9(7)15-6-11(1-2-11)3-4-18/h5,18H,1-4,6,14H2,(H2,15,16,17). The Balaban J connectivity index is 2.05. The summed E-state index contributed by atoms with van der Waals surface area (Å²) < 4.78 is 0. The second kappa shape index (κ2) is 5.48. The van der Waals surface area contributed by atoms with Crippen LogP contribution in [0.15, 0.2) is 6.07 Å². The predicted molar refractivity (Wildman–Crippen MR) is 73.9 cm³/mol. The second-order valence-corrected chi connectivity index (χ2v) is 5.44. The van der Waals surface area contributed by atoms with Gasteiger partial charge < -0.3 is 15.8 Å². The van der Waals surface area contributed by atoms with Crippen LogP contribution in [0.25, 0.3) is 0 Å². The Kier molecular flexibility index (Phi) is 4.17. The van der Waals surface area contributed by atoms with E-state index in [-0.39, 0.29) is 12.0 Å². The van der Waals surface area contributed by atoms with Crippen molar-refractivity contribution in [3.8, 4) is 0 Å². The first-order chi connectivity index (χ1) is 8.60. The molecule has 0 spiro atoms. The molecule has 5 nitrogen and oxygen atoms in total. The number of aliphatic hydroxyl groups excluding tert-OH is 1. The Morgan fingerprint density at radius 3 is 2.56 bits per heavy atom. The SMILES string of the molecule is NNc1nc(NCC2(CCO)CC2)c(Cl)cc1Cl. The Hall–Kier alpha value is -0.750. The highest BCUT2D eigenvalue weighted by Gasteiger charge is 2.41. The smallest absolute Gasteiger partial charge is 0.161 e. The van der Waals surface area contributed by atoms with Gasteiger partial charge in [-0.1, -0.05) is 23.2 Å². The molecule has 18 heavy (non-hydrogen) atoms. The molecule has 1 saturated carbocycles. The van der Waals surface area contributed by atoms with Gasteiger partial charge in [0, 0.05) is 13.2 Å². The highest BCUT2D eigenvalue weighted by Crippen LogP contribution is 2.48. The van der Waals surface area contributed by atoms with Crippen LogP contribution in [-0.2, 0) is 0 Å². The van der Waals surface area contributed by atoms with E-state index in [0.29, 0.717) is 21.7 Å². The van der Waals surface area contributed by atoms with E-state index in [1.807, 2.05) is 0 Å². The number of aliphatic hydroxyl groups is 1. The number of aromatic nitrogens is 1. The van der Waals surface area contributed by atoms with Gasteiger partial charge in [0.05, 0.1) is 10.0 Å². The van der Waals surface area contributed by atoms with E-state index >= 15 is 0 Å². The van der Waals surface area contributed by atoms with E-state index in [0.717, 1.165) is 25.8 Å². The zero-order valence-electron chi connectivity index (χ0n) is 9.84. The number of hydrogen-bond acceptors (Lipinski definition) is 5. The molecule has 0 saturated heterocycles.